The first kappa shape index (κ1) is 19.8. The number of rotatable bonds is 8. The standard InChI is InChI=1S/C19H26F2N4O/c1-4-22-19(25(3)13-16-8-6-10-24(16)2)23-12-15-7-5-9-17(11-15)26-14-18(20)21/h5-11,18H,4,12-14H2,1-3H3,(H,22,23). The van der Waals surface area contributed by atoms with Crippen molar-refractivity contribution in [3.63, 3.8) is 0 Å². The lowest BCUT2D eigenvalue weighted by Crippen LogP contribution is -2.38. The summed E-state index contributed by atoms with van der Waals surface area (Å²) in [6, 6.07) is 11.2. The molecule has 0 aliphatic heterocycles. The molecule has 0 atom stereocenters. The molecule has 1 heterocycles. The zero-order valence-electron chi connectivity index (χ0n) is 15.5. The molecule has 0 radical (unpaired) electrons. The minimum atomic E-state index is -2.48. The van der Waals surface area contributed by atoms with Crippen LogP contribution < -0.4 is 10.1 Å². The first-order chi connectivity index (χ1) is 12.5. The van der Waals surface area contributed by atoms with Crippen molar-refractivity contribution in [1.82, 2.24) is 14.8 Å². The number of benzene rings is 1. The number of aromatic nitrogens is 1. The highest BCUT2D eigenvalue weighted by Crippen LogP contribution is 2.15. The fraction of sp³-hybridized carbons (Fsp3) is 0.421. The van der Waals surface area contributed by atoms with E-state index in [4.69, 9.17) is 4.74 Å². The van der Waals surface area contributed by atoms with Gasteiger partial charge in [0.15, 0.2) is 5.96 Å². The molecule has 0 amide bonds. The summed E-state index contributed by atoms with van der Waals surface area (Å²) in [5.41, 5.74) is 2.08. The number of hydrogen-bond acceptors (Lipinski definition) is 2. The Morgan fingerprint density at radius 1 is 1.31 bits per heavy atom. The Morgan fingerprint density at radius 3 is 2.77 bits per heavy atom. The van der Waals surface area contributed by atoms with Crippen LogP contribution in [0, 0.1) is 0 Å². The zero-order chi connectivity index (χ0) is 18.9. The molecular weight excluding hydrogens is 338 g/mol. The number of alkyl halides is 2. The van der Waals surface area contributed by atoms with Gasteiger partial charge in [0.25, 0.3) is 6.43 Å². The molecule has 0 fully saturated rings. The van der Waals surface area contributed by atoms with Gasteiger partial charge in [0.1, 0.15) is 12.4 Å². The molecule has 0 bridgehead atoms. The van der Waals surface area contributed by atoms with Gasteiger partial charge in [0.05, 0.1) is 13.1 Å². The molecule has 7 heteroatoms. The minimum Gasteiger partial charge on any atom is -0.488 e. The largest absolute Gasteiger partial charge is 0.488 e. The summed E-state index contributed by atoms with van der Waals surface area (Å²) in [5, 5.41) is 3.28. The van der Waals surface area contributed by atoms with E-state index in [1.807, 2.05) is 39.3 Å². The van der Waals surface area contributed by atoms with E-state index in [-0.39, 0.29) is 0 Å². The van der Waals surface area contributed by atoms with Gasteiger partial charge in [-0.3, -0.25) is 0 Å². The number of nitrogens with zero attached hydrogens (tertiary/aromatic N) is 3. The van der Waals surface area contributed by atoms with Crippen LogP contribution >= 0.6 is 0 Å². The smallest absolute Gasteiger partial charge is 0.272 e. The number of hydrogen-bond donors (Lipinski definition) is 1. The second kappa shape index (κ2) is 9.79. The molecular formula is C19H26F2N4O. The molecule has 2 aromatic rings. The topological polar surface area (TPSA) is 41.8 Å². The number of halogens is 2. The normalized spacial score (nSPS) is 11.7. The maximum atomic E-state index is 12.3. The van der Waals surface area contributed by atoms with Crippen LogP contribution in [0.2, 0.25) is 0 Å². The van der Waals surface area contributed by atoms with Crippen LogP contribution in [-0.4, -0.2) is 42.1 Å². The molecule has 1 N–H and O–H groups in total. The van der Waals surface area contributed by atoms with Gasteiger partial charge >= 0.3 is 0 Å². The molecule has 1 aromatic carbocycles. The van der Waals surface area contributed by atoms with E-state index in [0.717, 1.165) is 24.6 Å². The van der Waals surface area contributed by atoms with Crippen molar-refractivity contribution in [2.75, 3.05) is 20.2 Å². The predicted molar refractivity (Wildman–Crippen MR) is 99.6 cm³/mol. The maximum Gasteiger partial charge on any atom is 0.272 e. The fourth-order valence-corrected chi connectivity index (χ4v) is 2.51. The van der Waals surface area contributed by atoms with Crippen molar-refractivity contribution in [3.8, 4) is 5.75 Å². The summed E-state index contributed by atoms with van der Waals surface area (Å²) in [5.74, 6) is 1.22. The second-order valence-corrected chi connectivity index (χ2v) is 5.99. The van der Waals surface area contributed by atoms with E-state index >= 15 is 0 Å². The molecule has 5 nitrogen and oxygen atoms in total. The lowest BCUT2D eigenvalue weighted by atomic mass is 10.2. The number of aliphatic imine (C=N–C) groups is 1. The predicted octanol–water partition coefficient (Wildman–Crippen LogP) is 3.27. The molecule has 2 rings (SSSR count). The van der Waals surface area contributed by atoms with Crippen LogP contribution in [-0.2, 0) is 20.1 Å². The molecule has 1 aromatic heterocycles. The zero-order valence-corrected chi connectivity index (χ0v) is 15.5. The highest BCUT2D eigenvalue weighted by atomic mass is 19.3. The Morgan fingerprint density at radius 2 is 2.12 bits per heavy atom. The minimum absolute atomic E-state index is 0.431. The van der Waals surface area contributed by atoms with Crippen LogP contribution in [0.5, 0.6) is 5.75 Å². The molecule has 0 unspecified atom stereocenters. The molecule has 0 spiro atoms. The van der Waals surface area contributed by atoms with Gasteiger partial charge in [-0.2, -0.15) is 0 Å². The lowest BCUT2D eigenvalue weighted by molar-refractivity contribution is 0.0818. The average molecular weight is 364 g/mol. The molecule has 26 heavy (non-hydrogen) atoms. The summed E-state index contributed by atoms with van der Waals surface area (Å²) < 4.78 is 31.7. The van der Waals surface area contributed by atoms with Crippen LogP contribution in [0.1, 0.15) is 18.2 Å². The van der Waals surface area contributed by atoms with Crippen LogP contribution in [0.15, 0.2) is 47.6 Å². The van der Waals surface area contributed by atoms with E-state index in [9.17, 15) is 8.78 Å². The Kier molecular flexibility index (Phi) is 7.44. The van der Waals surface area contributed by atoms with Gasteiger partial charge in [0.2, 0.25) is 0 Å². The van der Waals surface area contributed by atoms with E-state index in [1.165, 1.54) is 5.69 Å². The quantitative estimate of drug-likeness (QED) is 0.577. The SMILES string of the molecule is CCNC(=NCc1cccc(OCC(F)F)c1)N(C)Cc1cccn1C. The maximum absolute atomic E-state index is 12.3. The van der Waals surface area contributed by atoms with Crippen molar-refractivity contribution in [1.29, 1.82) is 0 Å². The number of guanidine groups is 1. The summed E-state index contributed by atoms with van der Waals surface area (Å²) in [6.45, 7) is 3.34. The highest BCUT2D eigenvalue weighted by Gasteiger charge is 2.09. The number of aryl methyl sites for hydroxylation is 1. The van der Waals surface area contributed by atoms with Gasteiger partial charge in [-0.05, 0) is 36.8 Å². The lowest BCUT2D eigenvalue weighted by Gasteiger charge is -2.22. The first-order valence-corrected chi connectivity index (χ1v) is 8.59. The van der Waals surface area contributed by atoms with Crippen molar-refractivity contribution in [2.24, 2.45) is 12.0 Å². The first-order valence-electron chi connectivity index (χ1n) is 8.59. The third-order valence-electron chi connectivity index (χ3n) is 3.83. The van der Waals surface area contributed by atoms with Gasteiger partial charge in [-0.1, -0.05) is 12.1 Å². The van der Waals surface area contributed by atoms with Crippen LogP contribution in [0.25, 0.3) is 0 Å². The van der Waals surface area contributed by atoms with Gasteiger partial charge < -0.3 is 19.5 Å². The van der Waals surface area contributed by atoms with Crippen molar-refractivity contribution in [3.05, 3.63) is 53.9 Å². The Bertz CT molecular complexity index is 715. The van der Waals surface area contributed by atoms with E-state index in [1.54, 1.807) is 18.2 Å². The third kappa shape index (κ3) is 6.06. The van der Waals surface area contributed by atoms with Crippen molar-refractivity contribution >= 4 is 5.96 Å². The summed E-state index contributed by atoms with van der Waals surface area (Å²) in [7, 11) is 3.99. The Labute approximate surface area is 153 Å². The molecule has 0 aliphatic rings. The third-order valence-corrected chi connectivity index (χ3v) is 3.83. The Hall–Kier alpha value is -2.57. The van der Waals surface area contributed by atoms with Gasteiger partial charge in [-0.15, -0.1) is 0 Å². The number of ether oxygens (including phenoxy) is 1. The van der Waals surface area contributed by atoms with Crippen molar-refractivity contribution < 1.29 is 13.5 Å². The van der Waals surface area contributed by atoms with Gasteiger partial charge in [0, 0.05) is 32.5 Å². The second-order valence-electron chi connectivity index (χ2n) is 5.99. The molecule has 142 valence electrons. The van der Waals surface area contributed by atoms with Gasteiger partial charge in [-0.25, -0.2) is 13.8 Å². The average Bonchev–Trinajstić information content (AvgIpc) is 3.02. The molecule has 0 aliphatic carbocycles. The van der Waals surface area contributed by atoms with Crippen LogP contribution in [0.4, 0.5) is 8.78 Å². The Balaban J connectivity index is 2.04. The number of nitrogens with one attached hydrogen (secondary N) is 1. The van der Waals surface area contributed by atoms with E-state index < -0.39 is 13.0 Å². The van der Waals surface area contributed by atoms with Crippen molar-refractivity contribution in [2.45, 2.75) is 26.4 Å². The monoisotopic (exact) mass is 364 g/mol. The molecule has 0 saturated carbocycles. The van der Waals surface area contributed by atoms with Crippen LogP contribution in [0.3, 0.4) is 0 Å². The summed E-state index contributed by atoms with van der Waals surface area (Å²) in [6.07, 6.45) is -0.471. The fourth-order valence-electron chi connectivity index (χ4n) is 2.51. The summed E-state index contributed by atoms with van der Waals surface area (Å²) in [4.78, 5) is 6.70. The summed E-state index contributed by atoms with van der Waals surface area (Å²) >= 11 is 0. The van der Waals surface area contributed by atoms with E-state index in [2.05, 4.69) is 25.8 Å². The molecule has 0 saturated heterocycles. The van der Waals surface area contributed by atoms with E-state index in [0.29, 0.717) is 12.3 Å². The highest BCUT2D eigenvalue weighted by molar-refractivity contribution is 5.79.